The van der Waals surface area contributed by atoms with Gasteiger partial charge in [0.05, 0.1) is 6.04 Å². The highest BCUT2D eigenvalue weighted by molar-refractivity contribution is 7.10. The Morgan fingerprint density at radius 1 is 1.23 bits per heavy atom. The molecular formula is C19H34N6S. The van der Waals surface area contributed by atoms with E-state index in [9.17, 15) is 0 Å². The van der Waals surface area contributed by atoms with E-state index in [4.69, 9.17) is 0 Å². The third-order valence-corrected chi connectivity index (χ3v) is 6.60. The third-order valence-electron chi connectivity index (χ3n) is 5.62. The average Bonchev–Trinajstić information content (AvgIpc) is 3.35. The van der Waals surface area contributed by atoms with Crippen molar-refractivity contribution in [3.05, 3.63) is 22.4 Å². The molecule has 2 aliphatic heterocycles. The fourth-order valence-corrected chi connectivity index (χ4v) is 4.75. The van der Waals surface area contributed by atoms with Gasteiger partial charge in [-0.1, -0.05) is 6.07 Å². The number of hydrogen-bond donors (Lipinski definition) is 2. The van der Waals surface area contributed by atoms with Crippen LogP contribution in [0.3, 0.4) is 0 Å². The zero-order chi connectivity index (χ0) is 18.4. The van der Waals surface area contributed by atoms with Gasteiger partial charge in [0.1, 0.15) is 0 Å². The molecule has 2 N–H and O–H groups in total. The summed E-state index contributed by atoms with van der Waals surface area (Å²) in [5, 5.41) is 9.29. The van der Waals surface area contributed by atoms with E-state index in [0.29, 0.717) is 12.1 Å². The molecule has 1 aromatic rings. The number of aliphatic imine (C=N–C) groups is 1. The van der Waals surface area contributed by atoms with Gasteiger partial charge < -0.3 is 15.5 Å². The van der Waals surface area contributed by atoms with Crippen LogP contribution in [0.5, 0.6) is 0 Å². The quantitative estimate of drug-likeness (QED) is 0.577. The predicted octanol–water partition coefficient (Wildman–Crippen LogP) is 1.30. The molecule has 0 amide bonds. The summed E-state index contributed by atoms with van der Waals surface area (Å²) < 4.78 is 0. The van der Waals surface area contributed by atoms with Crippen LogP contribution in [0.25, 0.3) is 0 Å². The zero-order valence-electron chi connectivity index (χ0n) is 16.4. The van der Waals surface area contributed by atoms with E-state index in [1.165, 1.54) is 30.8 Å². The summed E-state index contributed by atoms with van der Waals surface area (Å²) in [5.74, 6) is 0.910. The molecule has 2 fully saturated rings. The zero-order valence-corrected chi connectivity index (χ0v) is 17.3. The van der Waals surface area contributed by atoms with Crippen molar-refractivity contribution in [3.63, 3.8) is 0 Å². The van der Waals surface area contributed by atoms with E-state index in [0.717, 1.165) is 38.7 Å². The Bertz CT molecular complexity index is 554. The number of rotatable bonds is 6. The maximum absolute atomic E-state index is 4.44. The second kappa shape index (κ2) is 9.69. The first-order valence-corrected chi connectivity index (χ1v) is 10.7. The molecule has 26 heavy (non-hydrogen) atoms. The fraction of sp³-hybridized carbons (Fsp3) is 0.737. The van der Waals surface area contributed by atoms with Crippen LogP contribution in [0.1, 0.15) is 23.8 Å². The second-order valence-corrected chi connectivity index (χ2v) is 8.48. The van der Waals surface area contributed by atoms with Crippen LogP contribution in [0, 0.1) is 0 Å². The minimum atomic E-state index is 0.444. The maximum atomic E-state index is 4.44. The van der Waals surface area contributed by atoms with Crippen molar-refractivity contribution in [1.82, 2.24) is 25.3 Å². The van der Waals surface area contributed by atoms with Gasteiger partial charge in [0.15, 0.2) is 5.96 Å². The largest absolute Gasteiger partial charge is 0.355 e. The van der Waals surface area contributed by atoms with E-state index in [-0.39, 0.29) is 0 Å². The van der Waals surface area contributed by atoms with E-state index >= 15 is 0 Å². The van der Waals surface area contributed by atoms with Crippen molar-refractivity contribution in [1.29, 1.82) is 0 Å². The molecule has 0 spiro atoms. The lowest BCUT2D eigenvalue weighted by Gasteiger charge is -2.38. The summed E-state index contributed by atoms with van der Waals surface area (Å²) in [6, 6.07) is 5.39. The highest BCUT2D eigenvalue weighted by Crippen LogP contribution is 2.27. The van der Waals surface area contributed by atoms with Crippen LogP contribution in [0.4, 0.5) is 0 Å². The minimum Gasteiger partial charge on any atom is -0.355 e. The van der Waals surface area contributed by atoms with Gasteiger partial charge in [-0.2, -0.15) is 0 Å². The van der Waals surface area contributed by atoms with Crippen molar-refractivity contribution in [2.24, 2.45) is 4.99 Å². The molecule has 3 rings (SSSR count). The Labute approximate surface area is 162 Å². The molecule has 146 valence electrons. The Kier molecular flexibility index (Phi) is 7.31. The molecule has 2 saturated heterocycles. The lowest BCUT2D eigenvalue weighted by atomic mass is 10.2. The summed E-state index contributed by atoms with van der Waals surface area (Å²) in [6.07, 6.45) is 2.63. The predicted molar refractivity (Wildman–Crippen MR) is 111 cm³/mol. The van der Waals surface area contributed by atoms with Gasteiger partial charge in [-0.3, -0.25) is 14.8 Å². The Morgan fingerprint density at radius 3 is 2.73 bits per heavy atom. The van der Waals surface area contributed by atoms with Crippen LogP contribution < -0.4 is 10.6 Å². The van der Waals surface area contributed by atoms with Crippen LogP contribution in [0.2, 0.25) is 0 Å². The summed E-state index contributed by atoms with van der Waals surface area (Å²) in [5.41, 5.74) is 0. The second-order valence-electron chi connectivity index (χ2n) is 7.50. The maximum Gasteiger partial charge on any atom is 0.191 e. The summed E-state index contributed by atoms with van der Waals surface area (Å²) >= 11 is 1.86. The lowest BCUT2D eigenvalue weighted by Crippen LogP contribution is -2.55. The van der Waals surface area contributed by atoms with Crippen LogP contribution in [-0.4, -0.2) is 93.7 Å². The number of likely N-dealkylation sites (tertiary alicyclic amines) is 1. The molecule has 0 bridgehead atoms. The fourth-order valence-electron chi connectivity index (χ4n) is 3.89. The third kappa shape index (κ3) is 5.19. The average molecular weight is 379 g/mol. The number of nitrogens with one attached hydrogen (secondary N) is 2. The summed E-state index contributed by atoms with van der Waals surface area (Å²) in [7, 11) is 6.28. The number of thiophene rings is 1. The molecule has 2 unspecified atom stereocenters. The van der Waals surface area contributed by atoms with Gasteiger partial charge in [-0.05, 0) is 51.5 Å². The molecule has 0 saturated carbocycles. The molecule has 0 aromatic carbocycles. The van der Waals surface area contributed by atoms with Gasteiger partial charge in [0, 0.05) is 50.7 Å². The first kappa shape index (κ1) is 19.6. The van der Waals surface area contributed by atoms with Gasteiger partial charge in [0.25, 0.3) is 0 Å². The first-order chi connectivity index (χ1) is 12.7. The topological polar surface area (TPSA) is 46.1 Å². The molecule has 1 aromatic heterocycles. The van der Waals surface area contributed by atoms with Crippen molar-refractivity contribution >= 4 is 17.3 Å². The van der Waals surface area contributed by atoms with Crippen molar-refractivity contribution in [2.45, 2.75) is 24.9 Å². The van der Waals surface area contributed by atoms with E-state index in [2.05, 4.69) is 61.9 Å². The molecule has 7 heteroatoms. The SMILES string of the molecule is CN=C(NCC1CN(C)CCN1C)NCC(c1cccs1)N1CCCC1. The monoisotopic (exact) mass is 378 g/mol. The van der Waals surface area contributed by atoms with Gasteiger partial charge in [-0.25, -0.2) is 0 Å². The molecule has 2 aliphatic rings. The number of guanidine groups is 1. The van der Waals surface area contributed by atoms with Crippen LogP contribution in [0.15, 0.2) is 22.5 Å². The Hall–Kier alpha value is -1.15. The van der Waals surface area contributed by atoms with Gasteiger partial charge in [-0.15, -0.1) is 11.3 Å². The molecule has 0 aliphatic carbocycles. The van der Waals surface area contributed by atoms with Crippen molar-refractivity contribution in [3.8, 4) is 0 Å². The van der Waals surface area contributed by atoms with Crippen LogP contribution in [-0.2, 0) is 0 Å². The van der Waals surface area contributed by atoms with Gasteiger partial charge in [0.2, 0.25) is 0 Å². The molecule has 3 heterocycles. The molecule has 2 atom stereocenters. The first-order valence-electron chi connectivity index (χ1n) is 9.78. The van der Waals surface area contributed by atoms with Crippen LogP contribution >= 0.6 is 11.3 Å². The minimum absolute atomic E-state index is 0.444. The van der Waals surface area contributed by atoms with Crippen molar-refractivity contribution in [2.75, 3.05) is 67.0 Å². The van der Waals surface area contributed by atoms with E-state index in [1.54, 1.807) is 0 Å². The standard InChI is InChI=1S/C19H34N6S/c1-20-19(21-13-16-15-23(2)10-11-24(16)3)22-14-17(18-7-6-12-26-18)25-8-4-5-9-25/h6-7,12,16-17H,4-5,8-11,13-15H2,1-3H3,(H2,20,21,22). The highest BCUT2D eigenvalue weighted by atomic mass is 32.1. The van der Waals surface area contributed by atoms with E-state index < -0.39 is 0 Å². The van der Waals surface area contributed by atoms with Gasteiger partial charge >= 0.3 is 0 Å². The molecular weight excluding hydrogens is 344 g/mol. The van der Waals surface area contributed by atoms with Crippen molar-refractivity contribution < 1.29 is 0 Å². The molecule has 6 nitrogen and oxygen atoms in total. The normalized spacial score (nSPS) is 24.7. The summed E-state index contributed by atoms with van der Waals surface area (Å²) in [4.78, 5) is 13.3. The lowest BCUT2D eigenvalue weighted by molar-refractivity contribution is 0.116. The number of hydrogen-bond acceptors (Lipinski definition) is 5. The smallest absolute Gasteiger partial charge is 0.191 e. The Morgan fingerprint density at radius 2 is 2.04 bits per heavy atom. The number of likely N-dealkylation sites (N-methyl/N-ethyl adjacent to an activating group) is 2. The highest BCUT2D eigenvalue weighted by Gasteiger charge is 2.25. The number of nitrogens with zero attached hydrogens (tertiary/aromatic N) is 4. The summed E-state index contributed by atoms with van der Waals surface area (Å²) in [6.45, 7) is 7.62. The number of piperazine rings is 1. The molecule has 0 radical (unpaired) electrons. The van der Waals surface area contributed by atoms with E-state index in [1.807, 2.05) is 18.4 Å². The Balaban J connectivity index is 1.52.